The van der Waals surface area contributed by atoms with E-state index in [1.807, 2.05) is 18.2 Å². The first-order chi connectivity index (χ1) is 20.6. The maximum absolute atomic E-state index is 13.3. The van der Waals surface area contributed by atoms with Crippen LogP contribution in [0.15, 0.2) is 66.0 Å². The van der Waals surface area contributed by atoms with E-state index < -0.39 is 49.1 Å². The first kappa shape index (κ1) is 31.5. The molecule has 0 aliphatic carbocycles. The van der Waals surface area contributed by atoms with Crippen LogP contribution in [-0.4, -0.2) is 74.0 Å². The molecule has 3 amide bonds. The second-order valence-electron chi connectivity index (χ2n) is 9.61. The molecule has 2 aromatic carbocycles. The van der Waals surface area contributed by atoms with Crippen molar-refractivity contribution in [3.8, 4) is 11.5 Å². The Hall–Kier alpha value is -4.40. The zero-order valence-corrected chi connectivity index (χ0v) is 23.9. The summed E-state index contributed by atoms with van der Waals surface area (Å²) in [4.78, 5) is 41.0. The first-order valence-corrected chi connectivity index (χ1v) is 14.1. The highest BCUT2D eigenvalue weighted by Crippen LogP contribution is 2.26. The standard InChI is InChI=1S/C29H31F2N5O6S/c1-40-15-22(24-11-18(16-43-24)26(32)33)35-28(39)23-12-21(42-29(30)31)14-36(23)25(37)13-34-27(38)17-7-9-20(10-8-17)41-19-5-3-2-4-6-19/h2-11,16,21-23,29H,12-15H2,1H3,(H3,32,33)(H,34,38)(H,35,39)/t21-,22?,23+/m1/s1. The summed E-state index contributed by atoms with van der Waals surface area (Å²) < 4.78 is 41.6. The molecule has 5 N–H and O–H groups in total. The summed E-state index contributed by atoms with van der Waals surface area (Å²) in [7, 11) is 1.45. The number of amidine groups is 1. The fraction of sp³-hybridized carbons (Fsp3) is 0.310. The number of nitrogen functional groups attached to an aromatic ring is 1. The molecule has 0 radical (unpaired) electrons. The number of rotatable bonds is 13. The summed E-state index contributed by atoms with van der Waals surface area (Å²) in [6.07, 6.45) is -1.25. The van der Waals surface area contributed by atoms with E-state index in [0.29, 0.717) is 21.9 Å². The van der Waals surface area contributed by atoms with Crippen LogP contribution in [-0.2, 0) is 19.1 Å². The fourth-order valence-corrected chi connectivity index (χ4v) is 5.47. The van der Waals surface area contributed by atoms with Gasteiger partial charge in [-0.15, -0.1) is 11.3 Å². The van der Waals surface area contributed by atoms with Crippen LogP contribution in [0.4, 0.5) is 8.78 Å². The minimum Gasteiger partial charge on any atom is -0.457 e. The highest BCUT2D eigenvalue weighted by molar-refractivity contribution is 7.10. The normalized spacial score (nSPS) is 17.0. The molecule has 11 nitrogen and oxygen atoms in total. The van der Waals surface area contributed by atoms with Crippen LogP contribution in [0.5, 0.6) is 11.5 Å². The van der Waals surface area contributed by atoms with E-state index in [1.165, 1.54) is 30.6 Å². The maximum atomic E-state index is 13.3. The fourth-order valence-electron chi connectivity index (χ4n) is 4.53. The van der Waals surface area contributed by atoms with E-state index >= 15 is 0 Å². The molecule has 2 heterocycles. The van der Waals surface area contributed by atoms with Gasteiger partial charge in [-0.2, -0.15) is 8.78 Å². The number of hydrogen-bond acceptors (Lipinski definition) is 8. The van der Waals surface area contributed by atoms with Crippen molar-refractivity contribution in [3.63, 3.8) is 0 Å². The van der Waals surface area contributed by atoms with Gasteiger partial charge in [-0.1, -0.05) is 18.2 Å². The van der Waals surface area contributed by atoms with Crippen molar-refractivity contribution in [1.82, 2.24) is 15.5 Å². The number of hydrogen-bond donors (Lipinski definition) is 4. The van der Waals surface area contributed by atoms with Crippen molar-refractivity contribution < 1.29 is 37.4 Å². The van der Waals surface area contributed by atoms with Gasteiger partial charge in [-0.3, -0.25) is 19.8 Å². The summed E-state index contributed by atoms with van der Waals surface area (Å²) >= 11 is 1.26. The molecule has 228 valence electrons. The molecule has 3 aromatic rings. The third-order valence-electron chi connectivity index (χ3n) is 6.60. The number of benzene rings is 2. The molecule has 14 heteroatoms. The van der Waals surface area contributed by atoms with Crippen LogP contribution in [0.2, 0.25) is 0 Å². The molecule has 3 atom stereocenters. The van der Waals surface area contributed by atoms with E-state index in [4.69, 9.17) is 20.6 Å². The van der Waals surface area contributed by atoms with Crippen LogP contribution in [0.3, 0.4) is 0 Å². The summed E-state index contributed by atoms with van der Waals surface area (Å²) in [5, 5.41) is 14.6. The largest absolute Gasteiger partial charge is 0.457 e. The number of nitrogens with zero attached hydrogens (tertiary/aromatic N) is 1. The Labute approximate surface area is 250 Å². The Morgan fingerprint density at radius 3 is 2.42 bits per heavy atom. The second kappa shape index (κ2) is 14.7. The Morgan fingerprint density at radius 1 is 1.09 bits per heavy atom. The molecule has 4 rings (SSSR count). The van der Waals surface area contributed by atoms with Gasteiger partial charge in [0.2, 0.25) is 11.8 Å². The number of methoxy groups -OCH3 is 1. The number of amides is 3. The van der Waals surface area contributed by atoms with Crippen molar-refractivity contribution in [1.29, 1.82) is 5.41 Å². The lowest BCUT2D eigenvalue weighted by molar-refractivity contribution is -0.160. The number of nitrogens with two attached hydrogens (primary N) is 1. The molecule has 1 aliphatic rings. The molecule has 0 spiro atoms. The van der Waals surface area contributed by atoms with Crippen LogP contribution >= 0.6 is 11.3 Å². The molecule has 1 aromatic heterocycles. The zero-order valence-electron chi connectivity index (χ0n) is 23.1. The van der Waals surface area contributed by atoms with E-state index in [9.17, 15) is 23.2 Å². The van der Waals surface area contributed by atoms with Gasteiger partial charge in [0, 0.05) is 41.5 Å². The van der Waals surface area contributed by atoms with Crippen LogP contribution in [0.25, 0.3) is 0 Å². The summed E-state index contributed by atoms with van der Waals surface area (Å²) in [5.74, 6) is -0.776. The number of nitrogens with one attached hydrogen (secondary N) is 3. The first-order valence-electron chi connectivity index (χ1n) is 13.2. The number of carbonyl (C=O) groups is 3. The number of alkyl halides is 2. The highest BCUT2D eigenvalue weighted by Gasteiger charge is 2.41. The summed E-state index contributed by atoms with van der Waals surface area (Å²) in [6, 6.07) is 15.3. The second-order valence-corrected chi connectivity index (χ2v) is 10.5. The maximum Gasteiger partial charge on any atom is 0.345 e. The van der Waals surface area contributed by atoms with Crippen molar-refractivity contribution in [3.05, 3.63) is 82.0 Å². The predicted octanol–water partition coefficient (Wildman–Crippen LogP) is 3.27. The summed E-state index contributed by atoms with van der Waals surface area (Å²) in [5.41, 5.74) is 6.30. The summed E-state index contributed by atoms with van der Waals surface area (Å²) in [6.45, 7) is -3.74. The van der Waals surface area contributed by atoms with Gasteiger partial charge < -0.3 is 35.5 Å². The Kier molecular flexibility index (Phi) is 10.8. The number of para-hydroxylation sites is 1. The van der Waals surface area contributed by atoms with E-state index in [1.54, 1.807) is 35.7 Å². The van der Waals surface area contributed by atoms with Gasteiger partial charge in [-0.25, -0.2) is 0 Å². The van der Waals surface area contributed by atoms with Gasteiger partial charge in [-0.05, 0) is 42.5 Å². The lowest BCUT2D eigenvalue weighted by atomic mass is 10.1. The van der Waals surface area contributed by atoms with Gasteiger partial charge in [0.15, 0.2) is 0 Å². The van der Waals surface area contributed by atoms with Gasteiger partial charge in [0.1, 0.15) is 23.4 Å². The van der Waals surface area contributed by atoms with Crippen LogP contribution in [0, 0.1) is 5.41 Å². The van der Waals surface area contributed by atoms with E-state index in [2.05, 4.69) is 15.4 Å². The molecule has 1 saturated heterocycles. The molecule has 1 aliphatic heterocycles. The molecular formula is C29H31F2N5O6S. The molecule has 1 unspecified atom stereocenters. The smallest absolute Gasteiger partial charge is 0.345 e. The Bertz CT molecular complexity index is 1420. The SMILES string of the molecule is COCC(NC(=O)[C@@H]1C[C@@H](OC(F)F)CN1C(=O)CNC(=O)c1ccc(Oc2ccccc2)cc1)c1cc(C(=N)N)cs1. The van der Waals surface area contributed by atoms with Gasteiger partial charge in [0.25, 0.3) is 5.91 Å². The Morgan fingerprint density at radius 2 is 1.79 bits per heavy atom. The van der Waals surface area contributed by atoms with Crippen LogP contribution in [0.1, 0.15) is 33.3 Å². The number of likely N-dealkylation sites (tertiary alicyclic amines) is 1. The van der Waals surface area contributed by atoms with Gasteiger partial charge in [0.05, 0.1) is 25.3 Å². The number of ether oxygens (including phenoxy) is 3. The lowest BCUT2D eigenvalue weighted by Crippen LogP contribution is -2.50. The van der Waals surface area contributed by atoms with Crippen molar-refractivity contribution in [2.75, 3.05) is 26.8 Å². The quantitative estimate of drug-likeness (QED) is 0.170. The number of thiophene rings is 1. The highest BCUT2D eigenvalue weighted by atomic mass is 32.1. The minimum atomic E-state index is -3.09. The van der Waals surface area contributed by atoms with Crippen LogP contribution < -0.4 is 21.1 Å². The average molecular weight is 616 g/mol. The third-order valence-corrected chi connectivity index (χ3v) is 7.65. The molecule has 43 heavy (non-hydrogen) atoms. The Balaban J connectivity index is 1.39. The van der Waals surface area contributed by atoms with E-state index in [-0.39, 0.29) is 31.0 Å². The predicted molar refractivity (Wildman–Crippen MR) is 154 cm³/mol. The third kappa shape index (κ3) is 8.56. The van der Waals surface area contributed by atoms with E-state index in [0.717, 1.165) is 4.90 Å². The zero-order chi connectivity index (χ0) is 30.9. The van der Waals surface area contributed by atoms with Crippen molar-refractivity contribution in [2.24, 2.45) is 5.73 Å². The topological polar surface area (TPSA) is 156 Å². The molecule has 1 fully saturated rings. The lowest BCUT2D eigenvalue weighted by Gasteiger charge is -2.26. The molecule has 0 saturated carbocycles. The average Bonchev–Trinajstić information content (AvgIpc) is 3.64. The monoisotopic (exact) mass is 615 g/mol. The molecular weight excluding hydrogens is 584 g/mol. The minimum absolute atomic E-state index is 0.0759. The number of carbonyl (C=O) groups excluding carboxylic acids is 3. The molecule has 0 bridgehead atoms. The van der Waals surface area contributed by atoms with Crippen molar-refractivity contribution >= 4 is 34.9 Å². The van der Waals surface area contributed by atoms with Gasteiger partial charge >= 0.3 is 6.61 Å². The van der Waals surface area contributed by atoms with Crippen molar-refractivity contribution in [2.45, 2.75) is 31.2 Å². The number of halogens is 2.